The molecule has 2 atom stereocenters. The standard InChI is InChI=1S/C31H61NO2/c1-4-6-8-10-12-13-14-15-16-17-18-19-20-21-23-25-27-34-31-29-32(3)28-30(31)33-26-24-22-11-9-7-5-2/h12-13,30-31H,4-11,14-29H2,1-3H3/b13-12-/t30-,31-/m1/s1. The van der Waals surface area contributed by atoms with Crippen LogP contribution >= 0.6 is 0 Å². The Morgan fingerprint density at radius 3 is 1.35 bits per heavy atom. The Kier molecular flexibility index (Phi) is 22.6. The smallest absolute Gasteiger partial charge is 0.0975 e. The molecule has 0 radical (unpaired) electrons. The Morgan fingerprint density at radius 1 is 0.529 bits per heavy atom. The number of hydrogen-bond donors (Lipinski definition) is 0. The predicted molar refractivity (Wildman–Crippen MR) is 150 cm³/mol. The van der Waals surface area contributed by atoms with Crippen molar-refractivity contribution in [1.82, 2.24) is 4.90 Å². The molecule has 0 amide bonds. The van der Waals surface area contributed by atoms with Crippen molar-refractivity contribution in [2.24, 2.45) is 0 Å². The van der Waals surface area contributed by atoms with Crippen LogP contribution in [0, 0.1) is 0 Å². The maximum Gasteiger partial charge on any atom is 0.0975 e. The van der Waals surface area contributed by atoms with E-state index in [-0.39, 0.29) is 12.2 Å². The van der Waals surface area contributed by atoms with Gasteiger partial charge in [-0.1, -0.05) is 116 Å². The Hall–Kier alpha value is -0.380. The van der Waals surface area contributed by atoms with Gasteiger partial charge in [0.1, 0.15) is 0 Å². The third-order valence-electron chi connectivity index (χ3n) is 7.22. The number of allylic oxidation sites excluding steroid dienone is 2. The van der Waals surface area contributed by atoms with E-state index in [1.54, 1.807) is 0 Å². The number of nitrogens with zero attached hydrogens (tertiary/aromatic N) is 1. The maximum atomic E-state index is 6.24. The fourth-order valence-electron chi connectivity index (χ4n) is 4.95. The summed E-state index contributed by atoms with van der Waals surface area (Å²) in [7, 11) is 2.19. The maximum absolute atomic E-state index is 6.24. The molecule has 0 aromatic heterocycles. The van der Waals surface area contributed by atoms with Crippen LogP contribution in [0.25, 0.3) is 0 Å². The molecule has 0 spiro atoms. The summed E-state index contributed by atoms with van der Waals surface area (Å²) in [6, 6.07) is 0. The normalized spacial score (nSPS) is 19.0. The number of unbranched alkanes of at least 4 members (excludes halogenated alkanes) is 17. The molecule has 3 nitrogen and oxygen atoms in total. The van der Waals surface area contributed by atoms with E-state index in [0.717, 1.165) is 26.3 Å². The lowest BCUT2D eigenvalue weighted by Crippen LogP contribution is -2.30. The Labute approximate surface area is 214 Å². The number of hydrogen-bond acceptors (Lipinski definition) is 3. The van der Waals surface area contributed by atoms with Gasteiger partial charge in [-0.15, -0.1) is 0 Å². The summed E-state index contributed by atoms with van der Waals surface area (Å²) in [5.41, 5.74) is 0. The second-order valence-corrected chi connectivity index (χ2v) is 10.7. The van der Waals surface area contributed by atoms with Crippen LogP contribution in [0.1, 0.15) is 142 Å². The van der Waals surface area contributed by atoms with Crippen molar-refractivity contribution in [3.05, 3.63) is 12.2 Å². The second-order valence-electron chi connectivity index (χ2n) is 10.7. The Bertz CT molecular complexity index is 439. The van der Waals surface area contributed by atoms with Gasteiger partial charge in [-0.25, -0.2) is 0 Å². The van der Waals surface area contributed by atoms with Crippen molar-refractivity contribution in [2.45, 2.75) is 154 Å². The molecule has 0 aromatic carbocycles. The molecule has 1 aliphatic heterocycles. The van der Waals surface area contributed by atoms with Gasteiger partial charge in [0.15, 0.2) is 0 Å². The van der Waals surface area contributed by atoms with Crippen LogP contribution in [0.3, 0.4) is 0 Å². The van der Waals surface area contributed by atoms with Crippen LogP contribution in [0.4, 0.5) is 0 Å². The number of likely N-dealkylation sites (N-methyl/N-ethyl adjacent to an activating group) is 1. The quantitative estimate of drug-likeness (QED) is 0.0962. The highest BCUT2D eigenvalue weighted by Gasteiger charge is 2.32. The first-order valence-electron chi connectivity index (χ1n) is 15.3. The van der Waals surface area contributed by atoms with E-state index in [4.69, 9.17) is 9.47 Å². The molecule has 3 heteroatoms. The van der Waals surface area contributed by atoms with Gasteiger partial charge >= 0.3 is 0 Å². The predicted octanol–water partition coefficient (Wildman–Crippen LogP) is 9.10. The van der Waals surface area contributed by atoms with Gasteiger partial charge in [0, 0.05) is 26.3 Å². The highest BCUT2D eigenvalue weighted by molar-refractivity contribution is 4.84. The summed E-state index contributed by atoms with van der Waals surface area (Å²) in [6.45, 7) is 8.40. The molecule has 1 rings (SSSR count). The molecule has 1 fully saturated rings. The van der Waals surface area contributed by atoms with Crippen molar-refractivity contribution in [3.63, 3.8) is 0 Å². The summed E-state index contributed by atoms with van der Waals surface area (Å²) in [5, 5.41) is 0. The molecule has 0 N–H and O–H groups in total. The summed E-state index contributed by atoms with van der Waals surface area (Å²) in [6.07, 6.45) is 32.3. The zero-order valence-electron chi connectivity index (χ0n) is 23.5. The molecule has 0 saturated carbocycles. The van der Waals surface area contributed by atoms with Crippen molar-refractivity contribution in [1.29, 1.82) is 0 Å². The van der Waals surface area contributed by atoms with Gasteiger partial charge in [-0.3, -0.25) is 0 Å². The van der Waals surface area contributed by atoms with Gasteiger partial charge in [-0.05, 0) is 45.6 Å². The summed E-state index contributed by atoms with van der Waals surface area (Å²) in [4.78, 5) is 2.36. The molecule has 0 aromatic rings. The molecule has 1 aliphatic rings. The minimum Gasteiger partial charge on any atom is -0.374 e. The highest BCUT2D eigenvalue weighted by atomic mass is 16.5. The average molecular weight is 480 g/mol. The minimum absolute atomic E-state index is 0.274. The number of likely N-dealkylation sites (tertiary alicyclic amines) is 1. The lowest BCUT2D eigenvalue weighted by Gasteiger charge is -2.20. The molecular weight excluding hydrogens is 418 g/mol. The van der Waals surface area contributed by atoms with Crippen LogP contribution in [0.2, 0.25) is 0 Å². The van der Waals surface area contributed by atoms with Gasteiger partial charge < -0.3 is 14.4 Å². The molecule has 0 bridgehead atoms. The second kappa shape index (κ2) is 24.3. The van der Waals surface area contributed by atoms with Crippen LogP contribution in [-0.2, 0) is 9.47 Å². The third-order valence-corrected chi connectivity index (χ3v) is 7.22. The van der Waals surface area contributed by atoms with Gasteiger partial charge in [0.25, 0.3) is 0 Å². The van der Waals surface area contributed by atoms with E-state index in [2.05, 4.69) is 37.9 Å². The Morgan fingerprint density at radius 2 is 0.882 bits per heavy atom. The summed E-state index contributed by atoms with van der Waals surface area (Å²) in [5.74, 6) is 0. The highest BCUT2D eigenvalue weighted by Crippen LogP contribution is 2.17. The summed E-state index contributed by atoms with van der Waals surface area (Å²) < 4.78 is 12.4. The van der Waals surface area contributed by atoms with Gasteiger partial charge in [0.05, 0.1) is 12.2 Å². The molecule has 0 unspecified atom stereocenters. The third kappa shape index (κ3) is 18.9. The first kappa shape index (κ1) is 31.6. The molecule has 1 saturated heterocycles. The topological polar surface area (TPSA) is 21.7 Å². The Balaban J connectivity index is 1.87. The molecule has 1 heterocycles. The van der Waals surface area contributed by atoms with E-state index in [0.29, 0.717) is 0 Å². The largest absolute Gasteiger partial charge is 0.374 e. The van der Waals surface area contributed by atoms with Gasteiger partial charge in [0.2, 0.25) is 0 Å². The fraction of sp³-hybridized carbons (Fsp3) is 0.935. The van der Waals surface area contributed by atoms with Crippen LogP contribution in [0.15, 0.2) is 12.2 Å². The van der Waals surface area contributed by atoms with Crippen LogP contribution < -0.4 is 0 Å². The molecule has 34 heavy (non-hydrogen) atoms. The van der Waals surface area contributed by atoms with E-state index in [1.165, 1.54) is 128 Å². The van der Waals surface area contributed by atoms with E-state index < -0.39 is 0 Å². The molecule has 0 aliphatic carbocycles. The van der Waals surface area contributed by atoms with Gasteiger partial charge in [-0.2, -0.15) is 0 Å². The minimum atomic E-state index is 0.274. The van der Waals surface area contributed by atoms with Crippen molar-refractivity contribution >= 4 is 0 Å². The van der Waals surface area contributed by atoms with Crippen molar-refractivity contribution in [3.8, 4) is 0 Å². The van der Waals surface area contributed by atoms with Crippen LogP contribution in [0.5, 0.6) is 0 Å². The number of rotatable bonds is 25. The SMILES string of the molecule is CCCCC/C=C\CCCCCCCCCCCO[C@@H]1CN(C)C[C@H]1OCCCCCCCC. The zero-order valence-corrected chi connectivity index (χ0v) is 23.5. The molecular formula is C31H61NO2. The molecule has 202 valence electrons. The lowest BCUT2D eigenvalue weighted by atomic mass is 10.1. The van der Waals surface area contributed by atoms with Crippen molar-refractivity contribution < 1.29 is 9.47 Å². The van der Waals surface area contributed by atoms with Crippen molar-refractivity contribution in [2.75, 3.05) is 33.4 Å². The fourth-order valence-corrected chi connectivity index (χ4v) is 4.95. The lowest BCUT2D eigenvalue weighted by molar-refractivity contribution is -0.0481. The monoisotopic (exact) mass is 479 g/mol. The average Bonchev–Trinajstić information content (AvgIpc) is 3.19. The van der Waals surface area contributed by atoms with Crippen LogP contribution in [-0.4, -0.2) is 50.5 Å². The zero-order chi connectivity index (χ0) is 24.5. The van der Waals surface area contributed by atoms with E-state index >= 15 is 0 Å². The first-order chi connectivity index (χ1) is 16.8. The van der Waals surface area contributed by atoms with E-state index in [9.17, 15) is 0 Å². The van der Waals surface area contributed by atoms with E-state index in [1.807, 2.05) is 0 Å². The first-order valence-corrected chi connectivity index (χ1v) is 15.3. The number of ether oxygens (including phenoxy) is 2. The summed E-state index contributed by atoms with van der Waals surface area (Å²) >= 11 is 0.